The van der Waals surface area contributed by atoms with Gasteiger partial charge in [-0.1, -0.05) is 39.7 Å². The van der Waals surface area contributed by atoms with Gasteiger partial charge < -0.3 is 10.8 Å². The van der Waals surface area contributed by atoms with E-state index in [1.807, 2.05) is 12.1 Å². The van der Waals surface area contributed by atoms with E-state index in [4.69, 9.17) is 17.3 Å². The molecule has 2 aromatic rings. The molecule has 0 aliphatic rings. The summed E-state index contributed by atoms with van der Waals surface area (Å²) in [4.78, 5) is 0. The number of rotatable bonds is 2. The van der Waals surface area contributed by atoms with Crippen LogP contribution in [0.3, 0.4) is 0 Å². The smallest absolute Gasteiger partial charge is 0.106 e. The van der Waals surface area contributed by atoms with Crippen molar-refractivity contribution in [3.05, 3.63) is 63.1 Å². The monoisotopic (exact) mass is 311 g/mol. The van der Waals surface area contributed by atoms with Gasteiger partial charge in [-0.25, -0.2) is 0 Å². The Labute approximate surface area is 113 Å². The molecule has 2 aromatic carbocycles. The van der Waals surface area contributed by atoms with E-state index in [1.54, 1.807) is 30.3 Å². The molecule has 0 amide bonds. The van der Waals surface area contributed by atoms with Gasteiger partial charge in [0.15, 0.2) is 0 Å². The summed E-state index contributed by atoms with van der Waals surface area (Å²) in [5, 5.41) is 10.9. The molecule has 0 bridgehead atoms. The lowest BCUT2D eigenvalue weighted by molar-refractivity contribution is 0.221. The number of aliphatic hydroxyl groups excluding tert-OH is 1. The van der Waals surface area contributed by atoms with Crippen molar-refractivity contribution in [2.45, 2.75) is 6.10 Å². The Kier molecular flexibility index (Phi) is 3.72. The minimum absolute atomic E-state index is 0.565. The number of hydrogen-bond donors (Lipinski definition) is 2. The van der Waals surface area contributed by atoms with Crippen molar-refractivity contribution in [3.8, 4) is 0 Å². The van der Waals surface area contributed by atoms with Crippen LogP contribution in [0.15, 0.2) is 46.9 Å². The first-order valence-corrected chi connectivity index (χ1v) is 6.23. The minimum Gasteiger partial charge on any atom is -0.398 e. The summed E-state index contributed by atoms with van der Waals surface area (Å²) < 4.78 is 0.884. The van der Waals surface area contributed by atoms with Crippen molar-refractivity contribution in [2.75, 3.05) is 5.73 Å². The van der Waals surface area contributed by atoms with Crippen molar-refractivity contribution in [1.29, 1.82) is 0 Å². The van der Waals surface area contributed by atoms with Gasteiger partial charge in [0, 0.05) is 20.7 Å². The average molecular weight is 313 g/mol. The fraction of sp³-hybridized carbons (Fsp3) is 0.0769. The third kappa shape index (κ3) is 2.80. The van der Waals surface area contributed by atoms with Crippen LogP contribution in [0.25, 0.3) is 0 Å². The van der Waals surface area contributed by atoms with E-state index in [1.165, 1.54) is 0 Å². The largest absolute Gasteiger partial charge is 0.398 e. The first-order valence-electron chi connectivity index (χ1n) is 5.06. The Morgan fingerprint density at radius 3 is 2.41 bits per heavy atom. The lowest BCUT2D eigenvalue weighted by Crippen LogP contribution is -2.03. The third-order valence-electron chi connectivity index (χ3n) is 2.53. The number of hydrogen-bond acceptors (Lipinski definition) is 2. The molecule has 0 unspecified atom stereocenters. The highest BCUT2D eigenvalue weighted by atomic mass is 79.9. The maximum atomic E-state index is 10.2. The summed E-state index contributed by atoms with van der Waals surface area (Å²) >= 11 is 9.17. The van der Waals surface area contributed by atoms with Crippen LogP contribution < -0.4 is 5.73 Å². The van der Waals surface area contributed by atoms with Gasteiger partial charge in [-0.2, -0.15) is 0 Å². The van der Waals surface area contributed by atoms with Gasteiger partial charge in [0.1, 0.15) is 6.10 Å². The number of aliphatic hydroxyl groups is 1. The van der Waals surface area contributed by atoms with E-state index in [0.29, 0.717) is 16.3 Å². The molecular weight excluding hydrogens is 302 g/mol. The minimum atomic E-state index is -0.746. The number of nitrogens with two attached hydrogens (primary N) is 1. The van der Waals surface area contributed by atoms with E-state index >= 15 is 0 Å². The fourth-order valence-corrected chi connectivity index (χ4v) is 2.11. The maximum absolute atomic E-state index is 10.2. The molecule has 1 atom stereocenters. The molecule has 0 aliphatic heterocycles. The van der Waals surface area contributed by atoms with Crippen molar-refractivity contribution >= 4 is 33.2 Å². The van der Waals surface area contributed by atoms with Crippen LogP contribution in [0, 0.1) is 0 Å². The molecule has 2 rings (SSSR count). The maximum Gasteiger partial charge on any atom is 0.106 e. The van der Waals surface area contributed by atoms with Crippen LogP contribution in [0.5, 0.6) is 0 Å². The Hall–Kier alpha value is -1.03. The summed E-state index contributed by atoms with van der Waals surface area (Å²) in [7, 11) is 0. The molecule has 0 saturated heterocycles. The van der Waals surface area contributed by atoms with Gasteiger partial charge in [-0.3, -0.25) is 0 Å². The molecule has 0 radical (unpaired) electrons. The molecule has 2 nitrogen and oxygen atoms in total. The number of nitrogen functional groups attached to an aromatic ring is 1. The quantitative estimate of drug-likeness (QED) is 0.829. The van der Waals surface area contributed by atoms with Gasteiger partial charge >= 0.3 is 0 Å². The highest BCUT2D eigenvalue weighted by molar-refractivity contribution is 9.10. The van der Waals surface area contributed by atoms with Crippen LogP contribution in [0.1, 0.15) is 17.2 Å². The van der Waals surface area contributed by atoms with E-state index < -0.39 is 6.10 Å². The normalized spacial score (nSPS) is 12.4. The lowest BCUT2D eigenvalue weighted by atomic mass is 10.0. The summed E-state index contributed by atoms with van der Waals surface area (Å²) in [6.07, 6.45) is -0.746. The predicted octanol–water partition coefficient (Wildman–Crippen LogP) is 3.77. The summed E-state index contributed by atoms with van der Waals surface area (Å²) in [6, 6.07) is 12.5. The molecule has 3 N–H and O–H groups in total. The molecule has 88 valence electrons. The highest BCUT2D eigenvalue weighted by Crippen LogP contribution is 2.29. The van der Waals surface area contributed by atoms with E-state index in [-0.39, 0.29) is 0 Å². The molecule has 0 aromatic heterocycles. The molecule has 17 heavy (non-hydrogen) atoms. The van der Waals surface area contributed by atoms with Crippen LogP contribution >= 0.6 is 27.5 Å². The molecule has 0 saturated carbocycles. The Morgan fingerprint density at radius 2 is 1.76 bits per heavy atom. The summed E-state index contributed by atoms with van der Waals surface area (Å²) in [5.74, 6) is 0. The second kappa shape index (κ2) is 5.08. The van der Waals surface area contributed by atoms with Gasteiger partial charge in [0.05, 0.1) is 0 Å². The molecule has 0 aliphatic carbocycles. The van der Waals surface area contributed by atoms with Gasteiger partial charge in [0.2, 0.25) is 0 Å². The number of halogens is 2. The van der Waals surface area contributed by atoms with Crippen LogP contribution in [0.4, 0.5) is 5.69 Å². The number of benzene rings is 2. The lowest BCUT2D eigenvalue weighted by Gasteiger charge is -2.14. The van der Waals surface area contributed by atoms with Gasteiger partial charge in [-0.15, -0.1) is 0 Å². The summed E-state index contributed by atoms with van der Waals surface area (Å²) in [5.41, 5.74) is 7.86. The van der Waals surface area contributed by atoms with Gasteiger partial charge in [0.25, 0.3) is 0 Å². The topological polar surface area (TPSA) is 46.2 Å². The van der Waals surface area contributed by atoms with Crippen molar-refractivity contribution in [1.82, 2.24) is 0 Å². The first-order chi connectivity index (χ1) is 8.08. The van der Waals surface area contributed by atoms with Crippen LogP contribution in [0.2, 0.25) is 5.02 Å². The molecule has 0 fully saturated rings. The standard InChI is InChI=1S/C13H11BrClNO/c14-9-3-6-12(16)11(7-9)13(17)8-1-4-10(15)5-2-8/h1-7,13,17H,16H2/t13-/m0/s1. The molecule has 0 heterocycles. The zero-order valence-corrected chi connectivity index (χ0v) is 11.2. The Balaban J connectivity index is 2.39. The first kappa shape index (κ1) is 12.4. The second-order valence-corrected chi connectivity index (χ2v) is 5.08. The van der Waals surface area contributed by atoms with Gasteiger partial charge in [-0.05, 0) is 35.9 Å². The Morgan fingerprint density at radius 1 is 1.12 bits per heavy atom. The van der Waals surface area contributed by atoms with Crippen LogP contribution in [-0.2, 0) is 0 Å². The predicted molar refractivity (Wildman–Crippen MR) is 74.1 cm³/mol. The summed E-state index contributed by atoms with van der Waals surface area (Å²) in [6.45, 7) is 0. The molecular formula is C13H11BrClNO. The molecule has 4 heteroatoms. The molecule has 0 spiro atoms. The van der Waals surface area contributed by atoms with Crippen LogP contribution in [-0.4, -0.2) is 5.11 Å². The zero-order chi connectivity index (χ0) is 12.4. The van der Waals surface area contributed by atoms with E-state index in [9.17, 15) is 5.11 Å². The highest BCUT2D eigenvalue weighted by Gasteiger charge is 2.13. The fourth-order valence-electron chi connectivity index (χ4n) is 1.61. The van der Waals surface area contributed by atoms with Crippen molar-refractivity contribution < 1.29 is 5.11 Å². The second-order valence-electron chi connectivity index (χ2n) is 3.73. The number of anilines is 1. The SMILES string of the molecule is Nc1ccc(Br)cc1[C@@H](O)c1ccc(Cl)cc1. The zero-order valence-electron chi connectivity index (χ0n) is 8.90. The Bertz CT molecular complexity index is 527. The van der Waals surface area contributed by atoms with E-state index in [2.05, 4.69) is 15.9 Å². The van der Waals surface area contributed by atoms with Crippen molar-refractivity contribution in [3.63, 3.8) is 0 Å². The van der Waals surface area contributed by atoms with E-state index in [0.717, 1.165) is 10.0 Å². The average Bonchev–Trinajstić information content (AvgIpc) is 2.32. The van der Waals surface area contributed by atoms with Crippen molar-refractivity contribution in [2.24, 2.45) is 0 Å². The third-order valence-corrected chi connectivity index (χ3v) is 3.27.